The minimum atomic E-state index is -1.02. The number of rotatable bonds is 3. The van der Waals surface area contributed by atoms with Gasteiger partial charge in [0.1, 0.15) is 5.69 Å². The molecule has 0 fully saturated rings. The molecule has 0 amide bonds. The topological polar surface area (TPSA) is 66.0 Å². The maximum absolute atomic E-state index is 11.7. The second-order valence-corrected chi connectivity index (χ2v) is 5.12. The fourth-order valence-electron chi connectivity index (χ4n) is 2.92. The van der Waals surface area contributed by atoms with Crippen LogP contribution in [-0.4, -0.2) is 15.6 Å². The van der Waals surface area contributed by atoms with Gasteiger partial charge in [-0.2, -0.15) is 5.26 Å². The summed E-state index contributed by atoms with van der Waals surface area (Å²) in [5, 5.41) is 20.1. The van der Waals surface area contributed by atoms with Crippen LogP contribution in [0.15, 0.2) is 54.6 Å². The maximum atomic E-state index is 11.7. The van der Waals surface area contributed by atoms with Crippen LogP contribution < -0.4 is 0 Å². The minimum Gasteiger partial charge on any atom is -0.477 e. The van der Waals surface area contributed by atoms with E-state index in [0.29, 0.717) is 5.56 Å². The number of nitriles is 1. The SMILES string of the molecule is Cn1c(C(=O)O)c(C(C#N)c2ccccc2)c2ccccc21. The molecule has 108 valence electrons. The summed E-state index contributed by atoms with van der Waals surface area (Å²) in [7, 11) is 1.72. The lowest BCUT2D eigenvalue weighted by Crippen LogP contribution is -2.10. The first-order chi connectivity index (χ1) is 10.6. The summed E-state index contributed by atoms with van der Waals surface area (Å²) in [6, 6.07) is 19.0. The van der Waals surface area contributed by atoms with E-state index in [0.717, 1.165) is 16.5 Å². The van der Waals surface area contributed by atoms with E-state index >= 15 is 0 Å². The lowest BCUT2D eigenvalue weighted by atomic mass is 9.90. The van der Waals surface area contributed by atoms with Gasteiger partial charge in [-0.15, -0.1) is 0 Å². The smallest absolute Gasteiger partial charge is 0.352 e. The molecule has 3 aromatic rings. The average Bonchev–Trinajstić information content (AvgIpc) is 2.83. The van der Waals surface area contributed by atoms with Crippen molar-refractivity contribution >= 4 is 16.9 Å². The Morgan fingerprint density at radius 3 is 2.41 bits per heavy atom. The summed E-state index contributed by atoms with van der Waals surface area (Å²) in [5.74, 6) is -1.64. The van der Waals surface area contributed by atoms with E-state index < -0.39 is 11.9 Å². The second kappa shape index (κ2) is 5.38. The third-order valence-corrected chi connectivity index (χ3v) is 3.90. The van der Waals surface area contributed by atoms with Gasteiger partial charge in [0.05, 0.1) is 12.0 Å². The number of carboxylic acids is 1. The lowest BCUT2D eigenvalue weighted by molar-refractivity contribution is 0.0685. The van der Waals surface area contributed by atoms with Gasteiger partial charge in [0.25, 0.3) is 0 Å². The van der Waals surface area contributed by atoms with E-state index in [1.165, 1.54) is 0 Å². The summed E-state index contributed by atoms with van der Waals surface area (Å²) in [5.41, 5.74) is 2.32. The van der Waals surface area contributed by atoms with Gasteiger partial charge in [0, 0.05) is 23.5 Å². The van der Waals surface area contributed by atoms with Crippen LogP contribution in [0, 0.1) is 11.3 Å². The Morgan fingerprint density at radius 1 is 1.14 bits per heavy atom. The van der Waals surface area contributed by atoms with Crippen molar-refractivity contribution in [1.82, 2.24) is 4.57 Å². The Labute approximate surface area is 127 Å². The molecule has 1 aromatic heterocycles. The van der Waals surface area contributed by atoms with E-state index in [-0.39, 0.29) is 5.69 Å². The third kappa shape index (κ3) is 2.04. The van der Waals surface area contributed by atoms with Crippen LogP contribution in [0.4, 0.5) is 0 Å². The van der Waals surface area contributed by atoms with Gasteiger partial charge in [-0.1, -0.05) is 48.5 Å². The number of aromatic nitrogens is 1. The lowest BCUT2D eigenvalue weighted by Gasteiger charge is -2.10. The third-order valence-electron chi connectivity index (χ3n) is 3.90. The Bertz CT molecular complexity index is 889. The highest BCUT2D eigenvalue weighted by molar-refractivity contribution is 5.99. The highest BCUT2D eigenvalue weighted by Gasteiger charge is 2.27. The van der Waals surface area contributed by atoms with E-state index in [9.17, 15) is 15.2 Å². The van der Waals surface area contributed by atoms with Crippen molar-refractivity contribution in [3.05, 3.63) is 71.4 Å². The molecule has 0 radical (unpaired) electrons. The molecule has 1 heterocycles. The fraction of sp³-hybridized carbons (Fsp3) is 0.111. The van der Waals surface area contributed by atoms with Gasteiger partial charge in [-0.3, -0.25) is 0 Å². The number of aryl methyl sites for hydroxylation is 1. The van der Waals surface area contributed by atoms with Crippen molar-refractivity contribution in [3.8, 4) is 6.07 Å². The van der Waals surface area contributed by atoms with Gasteiger partial charge in [-0.05, 0) is 11.6 Å². The molecule has 1 N–H and O–H groups in total. The number of hydrogen-bond acceptors (Lipinski definition) is 2. The van der Waals surface area contributed by atoms with Crippen LogP contribution in [0.25, 0.3) is 10.9 Å². The van der Waals surface area contributed by atoms with Crippen LogP contribution in [-0.2, 0) is 7.05 Å². The largest absolute Gasteiger partial charge is 0.477 e. The Kier molecular flexibility index (Phi) is 3.40. The van der Waals surface area contributed by atoms with Gasteiger partial charge < -0.3 is 9.67 Å². The van der Waals surface area contributed by atoms with Crippen LogP contribution in [0.5, 0.6) is 0 Å². The molecule has 0 spiro atoms. The van der Waals surface area contributed by atoms with Crippen molar-refractivity contribution in [1.29, 1.82) is 5.26 Å². The summed E-state index contributed by atoms with van der Waals surface area (Å²) in [6.45, 7) is 0. The molecule has 0 aliphatic carbocycles. The average molecular weight is 290 g/mol. The zero-order chi connectivity index (χ0) is 15.7. The Balaban J connectivity index is 2.36. The van der Waals surface area contributed by atoms with Gasteiger partial charge in [0.2, 0.25) is 0 Å². The molecule has 1 unspecified atom stereocenters. The molecule has 0 saturated heterocycles. The van der Waals surface area contributed by atoms with E-state index in [4.69, 9.17) is 0 Å². The molecule has 0 bridgehead atoms. The van der Waals surface area contributed by atoms with Gasteiger partial charge >= 0.3 is 5.97 Å². The molecule has 22 heavy (non-hydrogen) atoms. The van der Waals surface area contributed by atoms with Gasteiger partial charge in [-0.25, -0.2) is 4.79 Å². The molecule has 0 aliphatic heterocycles. The number of carboxylic acid groups (broad SMARTS) is 1. The highest BCUT2D eigenvalue weighted by Crippen LogP contribution is 2.35. The quantitative estimate of drug-likeness (QED) is 0.802. The first-order valence-corrected chi connectivity index (χ1v) is 6.90. The molecule has 1 atom stereocenters. The number of aromatic carboxylic acids is 1. The van der Waals surface area contributed by atoms with Crippen molar-refractivity contribution in [2.45, 2.75) is 5.92 Å². The number of carbonyl (C=O) groups is 1. The van der Waals surface area contributed by atoms with Crippen LogP contribution in [0.2, 0.25) is 0 Å². The minimum absolute atomic E-state index is 0.164. The van der Waals surface area contributed by atoms with Gasteiger partial charge in [0.15, 0.2) is 0 Å². The highest BCUT2D eigenvalue weighted by atomic mass is 16.4. The predicted octanol–water partition coefficient (Wildman–Crippen LogP) is 3.53. The zero-order valence-electron chi connectivity index (χ0n) is 12.0. The monoisotopic (exact) mass is 290 g/mol. The fourth-order valence-corrected chi connectivity index (χ4v) is 2.92. The molecule has 0 aliphatic rings. The predicted molar refractivity (Wildman–Crippen MR) is 83.8 cm³/mol. The molecule has 0 saturated carbocycles. The van der Waals surface area contributed by atoms with E-state index in [1.807, 2.05) is 54.6 Å². The van der Waals surface area contributed by atoms with Crippen molar-refractivity contribution < 1.29 is 9.90 Å². The Hall–Kier alpha value is -3.06. The van der Waals surface area contributed by atoms with Crippen LogP contribution in [0.3, 0.4) is 0 Å². The summed E-state index contributed by atoms with van der Waals surface area (Å²) < 4.78 is 1.64. The molecular formula is C18H14N2O2. The summed E-state index contributed by atoms with van der Waals surface area (Å²) in [6.07, 6.45) is 0. The standard InChI is InChI=1S/C18H14N2O2/c1-20-15-10-6-5-9-13(15)16(17(20)18(21)22)14(11-19)12-7-3-2-4-8-12/h2-10,14H,1H3,(H,21,22). The zero-order valence-corrected chi connectivity index (χ0v) is 12.0. The van der Waals surface area contributed by atoms with E-state index in [2.05, 4.69) is 6.07 Å². The number of benzene rings is 2. The number of fused-ring (bicyclic) bond motifs is 1. The van der Waals surface area contributed by atoms with Crippen LogP contribution >= 0.6 is 0 Å². The molecule has 4 nitrogen and oxygen atoms in total. The Morgan fingerprint density at radius 2 is 1.77 bits per heavy atom. The first-order valence-electron chi connectivity index (χ1n) is 6.90. The van der Waals surface area contributed by atoms with E-state index in [1.54, 1.807) is 11.6 Å². The summed E-state index contributed by atoms with van der Waals surface area (Å²) >= 11 is 0. The molecule has 3 rings (SSSR count). The summed E-state index contributed by atoms with van der Waals surface area (Å²) in [4.78, 5) is 11.7. The van der Waals surface area contributed by atoms with Crippen molar-refractivity contribution in [2.75, 3.05) is 0 Å². The number of nitrogens with zero attached hydrogens (tertiary/aromatic N) is 2. The molecular weight excluding hydrogens is 276 g/mol. The number of para-hydroxylation sites is 1. The molecule has 4 heteroatoms. The van der Waals surface area contributed by atoms with Crippen molar-refractivity contribution in [2.24, 2.45) is 7.05 Å². The normalized spacial score (nSPS) is 12.0. The second-order valence-electron chi connectivity index (χ2n) is 5.12. The maximum Gasteiger partial charge on any atom is 0.352 e. The van der Waals surface area contributed by atoms with Crippen LogP contribution in [0.1, 0.15) is 27.5 Å². The van der Waals surface area contributed by atoms with Crippen molar-refractivity contribution in [3.63, 3.8) is 0 Å². The number of hydrogen-bond donors (Lipinski definition) is 1. The molecule has 2 aromatic carbocycles. The first kappa shape index (κ1) is 13.9.